The van der Waals surface area contributed by atoms with Gasteiger partial charge in [-0.05, 0) is 18.2 Å². The number of anilines is 1. The number of esters is 1. The van der Waals surface area contributed by atoms with E-state index in [-0.39, 0.29) is 0 Å². The monoisotopic (exact) mass is 280 g/mol. The lowest BCUT2D eigenvalue weighted by Gasteiger charge is -2.07. The number of nitrogen functional groups attached to an aromatic ring is 1. The molecule has 2 rings (SSSR count). The minimum Gasteiger partial charge on any atom is -0.465 e. The normalized spacial score (nSPS) is 10.4. The molecule has 2 aromatic rings. The van der Waals surface area contributed by atoms with E-state index in [0.717, 1.165) is 4.47 Å². The second-order valence-electron chi connectivity index (χ2n) is 3.24. The first-order valence-corrected chi connectivity index (χ1v) is 5.35. The van der Waals surface area contributed by atoms with Crippen molar-refractivity contribution >= 4 is 38.5 Å². The maximum absolute atomic E-state index is 11.6. The van der Waals surface area contributed by atoms with Crippen LogP contribution >= 0.6 is 15.9 Å². The summed E-state index contributed by atoms with van der Waals surface area (Å²) in [6.07, 6.45) is 1.46. The van der Waals surface area contributed by atoms with Crippen LogP contribution in [0.2, 0.25) is 0 Å². The summed E-state index contributed by atoms with van der Waals surface area (Å²) in [5.41, 5.74) is 7.11. The van der Waals surface area contributed by atoms with Crippen molar-refractivity contribution in [2.45, 2.75) is 0 Å². The molecule has 82 valence electrons. The van der Waals surface area contributed by atoms with Gasteiger partial charge in [-0.15, -0.1) is 0 Å². The highest BCUT2D eigenvalue weighted by Crippen LogP contribution is 2.25. The van der Waals surface area contributed by atoms with Crippen LogP contribution in [0.15, 0.2) is 28.9 Å². The van der Waals surface area contributed by atoms with Gasteiger partial charge in [-0.1, -0.05) is 15.9 Å². The van der Waals surface area contributed by atoms with Crippen LogP contribution in [-0.2, 0) is 4.74 Å². The third-order valence-corrected chi connectivity index (χ3v) is 2.74. The summed E-state index contributed by atoms with van der Waals surface area (Å²) >= 11 is 3.34. The standard InChI is InChI=1S/C11H9BrN2O2/c1-16-11(15)10-7-4-6(12)2-3-9(7)14-5-8(10)13/h2-5H,13H2,1H3. The third-order valence-electron chi connectivity index (χ3n) is 2.25. The van der Waals surface area contributed by atoms with Gasteiger partial charge in [-0.2, -0.15) is 0 Å². The molecular weight excluding hydrogens is 272 g/mol. The molecule has 1 aromatic heterocycles. The van der Waals surface area contributed by atoms with Crippen molar-refractivity contribution in [1.82, 2.24) is 4.98 Å². The summed E-state index contributed by atoms with van der Waals surface area (Å²) in [4.78, 5) is 15.8. The van der Waals surface area contributed by atoms with E-state index in [0.29, 0.717) is 22.2 Å². The molecule has 0 bridgehead atoms. The molecule has 0 atom stereocenters. The lowest BCUT2D eigenvalue weighted by molar-refractivity contribution is 0.0604. The Morgan fingerprint density at radius 3 is 2.94 bits per heavy atom. The van der Waals surface area contributed by atoms with E-state index in [1.807, 2.05) is 12.1 Å². The lowest BCUT2D eigenvalue weighted by Crippen LogP contribution is -2.07. The van der Waals surface area contributed by atoms with E-state index in [9.17, 15) is 4.79 Å². The van der Waals surface area contributed by atoms with E-state index in [2.05, 4.69) is 20.9 Å². The van der Waals surface area contributed by atoms with Crippen molar-refractivity contribution in [3.05, 3.63) is 34.4 Å². The zero-order chi connectivity index (χ0) is 11.7. The highest BCUT2D eigenvalue weighted by molar-refractivity contribution is 9.10. The first-order valence-electron chi connectivity index (χ1n) is 4.55. The molecule has 0 radical (unpaired) electrons. The van der Waals surface area contributed by atoms with Crippen LogP contribution in [0.25, 0.3) is 10.9 Å². The topological polar surface area (TPSA) is 65.2 Å². The lowest BCUT2D eigenvalue weighted by atomic mass is 10.1. The Morgan fingerprint density at radius 2 is 2.25 bits per heavy atom. The third kappa shape index (κ3) is 1.74. The van der Waals surface area contributed by atoms with Gasteiger partial charge in [0.2, 0.25) is 0 Å². The zero-order valence-electron chi connectivity index (χ0n) is 8.53. The number of hydrogen-bond acceptors (Lipinski definition) is 4. The SMILES string of the molecule is COC(=O)c1c(N)cnc2ccc(Br)cc12. The first-order chi connectivity index (χ1) is 7.63. The molecule has 0 amide bonds. The number of nitrogens with two attached hydrogens (primary N) is 1. The van der Waals surface area contributed by atoms with Crippen molar-refractivity contribution in [2.75, 3.05) is 12.8 Å². The molecule has 0 aliphatic carbocycles. The van der Waals surface area contributed by atoms with Crippen LogP contribution in [0.5, 0.6) is 0 Å². The quantitative estimate of drug-likeness (QED) is 0.815. The van der Waals surface area contributed by atoms with E-state index in [4.69, 9.17) is 10.5 Å². The first kappa shape index (κ1) is 10.9. The number of fused-ring (bicyclic) bond motifs is 1. The minimum absolute atomic E-state index is 0.317. The van der Waals surface area contributed by atoms with Gasteiger partial charge in [0.25, 0.3) is 0 Å². The largest absolute Gasteiger partial charge is 0.465 e. The predicted molar refractivity (Wildman–Crippen MR) is 65.2 cm³/mol. The van der Waals surface area contributed by atoms with E-state index in [1.54, 1.807) is 6.07 Å². The molecule has 0 spiro atoms. The maximum atomic E-state index is 11.6. The molecule has 0 unspecified atom stereocenters. The Balaban J connectivity index is 2.82. The van der Waals surface area contributed by atoms with Gasteiger partial charge < -0.3 is 10.5 Å². The van der Waals surface area contributed by atoms with Gasteiger partial charge in [0, 0.05) is 9.86 Å². The van der Waals surface area contributed by atoms with Crippen molar-refractivity contribution in [3.8, 4) is 0 Å². The maximum Gasteiger partial charge on any atom is 0.340 e. The minimum atomic E-state index is -0.456. The number of carbonyl (C=O) groups excluding carboxylic acids is 1. The summed E-state index contributed by atoms with van der Waals surface area (Å²) in [5.74, 6) is -0.456. The smallest absolute Gasteiger partial charge is 0.340 e. The predicted octanol–water partition coefficient (Wildman–Crippen LogP) is 2.37. The number of pyridine rings is 1. The Bertz CT molecular complexity index is 564. The Hall–Kier alpha value is -1.62. The molecule has 4 nitrogen and oxygen atoms in total. The van der Waals surface area contributed by atoms with Gasteiger partial charge in [-0.25, -0.2) is 4.79 Å². The fourth-order valence-corrected chi connectivity index (χ4v) is 1.87. The summed E-state index contributed by atoms with van der Waals surface area (Å²) < 4.78 is 5.56. The van der Waals surface area contributed by atoms with Crippen molar-refractivity contribution in [1.29, 1.82) is 0 Å². The van der Waals surface area contributed by atoms with Crippen molar-refractivity contribution in [2.24, 2.45) is 0 Å². The number of carbonyl (C=O) groups is 1. The van der Waals surface area contributed by atoms with Crippen LogP contribution in [0, 0.1) is 0 Å². The van der Waals surface area contributed by atoms with Crippen molar-refractivity contribution < 1.29 is 9.53 Å². The second-order valence-corrected chi connectivity index (χ2v) is 4.16. The van der Waals surface area contributed by atoms with Gasteiger partial charge >= 0.3 is 5.97 Å². The van der Waals surface area contributed by atoms with Gasteiger partial charge in [0.1, 0.15) is 0 Å². The molecule has 0 saturated heterocycles. The van der Waals surface area contributed by atoms with E-state index in [1.165, 1.54) is 13.3 Å². The molecular formula is C11H9BrN2O2. The van der Waals surface area contributed by atoms with Crippen LogP contribution < -0.4 is 5.73 Å². The van der Waals surface area contributed by atoms with E-state index >= 15 is 0 Å². The van der Waals surface area contributed by atoms with Crippen LogP contribution in [0.4, 0.5) is 5.69 Å². The van der Waals surface area contributed by atoms with E-state index < -0.39 is 5.97 Å². The van der Waals surface area contributed by atoms with Crippen LogP contribution in [0.1, 0.15) is 10.4 Å². The molecule has 16 heavy (non-hydrogen) atoms. The number of nitrogens with zero attached hydrogens (tertiary/aromatic N) is 1. The molecule has 0 aliphatic heterocycles. The molecule has 0 saturated carbocycles. The summed E-state index contributed by atoms with van der Waals surface area (Å²) in [6, 6.07) is 5.46. The molecule has 0 fully saturated rings. The molecule has 0 aliphatic rings. The second kappa shape index (κ2) is 4.09. The molecule has 1 aromatic carbocycles. The Morgan fingerprint density at radius 1 is 1.50 bits per heavy atom. The van der Waals surface area contributed by atoms with Gasteiger partial charge in [0.05, 0.1) is 30.1 Å². The molecule has 2 N–H and O–H groups in total. The highest BCUT2D eigenvalue weighted by atomic mass is 79.9. The zero-order valence-corrected chi connectivity index (χ0v) is 10.1. The number of rotatable bonds is 1. The number of ether oxygens (including phenoxy) is 1. The molecule has 1 heterocycles. The number of methoxy groups -OCH3 is 1. The van der Waals surface area contributed by atoms with Crippen molar-refractivity contribution in [3.63, 3.8) is 0 Å². The Kier molecular flexibility index (Phi) is 2.78. The number of halogens is 1. The fraction of sp³-hybridized carbons (Fsp3) is 0.0909. The highest BCUT2D eigenvalue weighted by Gasteiger charge is 2.15. The number of aromatic nitrogens is 1. The van der Waals surface area contributed by atoms with Gasteiger partial charge in [-0.3, -0.25) is 4.98 Å². The average Bonchev–Trinajstić information content (AvgIpc) is 2.28. The Labute approximate surface area is 101 Å². The fourth-order valence-electron chi connectivity index (χ4n) is 1.51. The summed E-state index contributed by atoms with van der Waals surface area (Å²) in [6.45, 7) is 0. The number of hydrogen-bond donors (Lipinski definition) is 1. The summed E-state index contributed by atoms with van der Waals surface area (Å²) in [5, 5.41) is 0.682. The van der Waals surface area contributed by atoms with Gasteiger partial charge in [0.15, 0.2) is 0 Å². The average molecular weight is 281 g/mol. The van der Waals surface area contributed by atoms with Crippen LogP contribution in [-0.4, -0.2) is 18.1 Å². The molecule has 5 heteroatoms. The van der Waals surface area contributed by atoms with Crippen LogP contribution in [0.3, 0.4) is 0 Å². The number of benzene rings is 1. The summed E-state index contributed by atoms with van der Waals surface area (Å²) in [7, 11) is 1.33.